The van der Waals surface area contributed by atoms with Crippen LogP contribution in [0, 0.1) is 11.3 Å². The molecule has 0 radical (unpaired) electrons. The molecule has 1 saturated heterocycles. The molecule has 0 amide bonds. The van der Waals surface area contributed by atoms with Crippen molar-refractivity contribution in [3.8, 4) is 0 Å². The second kappa shape index (κ2) is 8.26. The van der Waals surface area contributed by atoms with E-state index in [-0.39, 0.29) is 0 Å². The van der Waals surface area contributed by atoms with Crippen molar-refractivity contribution in [2.45, 2.75) is 72.8 Å². The fraction of sp³-hybridized carbons (Fsp3) is 1.00. The molecular formula is C17H36N2. The van der Waals surface area contributed by atoms with Gasteiger partial charge < -0.3 is 10.2 Å². The number of hydrogen-bond donors (Lipinski definition) is 1. The van der Waals surface area contributed by atoms with Gasteiger partial charge in [-0.25, -0.2) is 0 Å². The molecule has 0 aliphatic carbocycles. The summed E-state index contributed by atoms with van der Waals surface area (Å²) in [5.74, 6) is 0.907. The van der Waals surface area contributed by atoms with Crippen molar-refractivity contribution in [2.24, 2.45) is 11.3 Å². The summed E-state index contributed by atoms with van der Waals surface area (Å²) in [6.07, 6.45) is 6.69. The summed E-state index contributed by atoms with van der Waals surface area (Å²) >= 11 is 0. The third-order valence-electron chi connectivity index (χ3n) is 4.89. The molecule has 2 heteroatoms. The number of likely N-dealkylation sites (tertiary alicyclic amines) is 1. The first-order valence-corrected chi connectivity index (χ1v) is 8.43. The van der Waals surface area contributed by atoms with Crippen LogP contribution in [-0.2, 0) is 0 Å². The Balaban J connectivity index is 2.26. The Labute approximate surface area is 121 Å². The smallest absolute Gasteiger partial charge is 0.0107 e. The topological polar surface area (TPSA) is 15.3 Å². The van der Waals surface area contributed by atoms with Gasteiger partial charge in [0.25, 0.3) is 0 Å². The molecule has 1 heterocycles. The molecule has 1 atom stereocenters. The van der Waals surface area contributed by atoms with E-state index in [4.69, 9.17) is 0 Å². The highest BCUT2D eigenvalue weighted by Gasteiger charge is 2.26. The van der Waals surface area contributed by atoms with Crippen LogP contribution in [0.25, 0.3) is 0 Å². The lowest BCUT2D eigenvalue weighted by Gasteiger charge is -2.30. The first-order valence-electron chi connectivity index (χ1n) is 8.43. The number of hydrogen-bond acceptors (Lipinski definition) is 2. The van der Waals surface area contributed by atoms with Crippen LogP contribution >= 0.6 is 0 Å². The van der Waals surface area contributed by atoms with Gasteiger partial charge in [0, 0.05) is 19.1 Å². The van der Waals surface area contributed by atoms with Crippen molar-refractivity contribution in [1.82, 2.24) is 10.2 Å². The predicted octanol–water partition coefficient (Wildman–Crippen LogP) is 3.91. The molecule has 1 fully saturated rings. The molecule has 1 rings (SSSR count). The van der Waals surface area contributed by atoms with E-state index in [1.54, 1.807) is 0 Å². The SMILES string of the molecule is CCC(CC)NCCN1CCCC(C(C)(C)C)CC1. The first kappa shape index (κ1) is 17.0. The van der Waals surface area contributed by atoms with E-state index in [0.717, 1.165) is 12.5 Å². The molecule has 1 N–H and O–H groups in total. The first-order chi connectivity index (χ1) is 8.97. The van der Waals surface area contributed by atoms with Crippen molar-refractivity contribution in [1.29, 1.82) is 0 Å². The summed E-state index contributed by atoms with van der Waals surface area (Å²) in [6, 6.07) is 0.717. The molecule has 0 aromatic rings. The summed E-state index contributed by atoms with van der Waals surface area (Å²) < 4.78 is 0. The molecule has 0 spiro atoms. The van der Waals surface area contributed by atoms with E-state index in [1.807, 2.05) is 0 Å². The van der Waals surface area contributed by atoms with Crippen LogP contribution in [0.1, 0.15) is 66.7 Å². The Morgan fingerprint density at radius 2 is 1.79 bits per heavy atom. The largest absolute Gasteiger partial charge is 0.313 e. The maximum Gasteiger partial charge on any atom is 0.0107 e. The zero-order chi connectivity index (χ0) is 14.3. The summed E-state index contributed by atoms with van der Waals surface area (Å²) in [5.41, 5.74) is 0.490. The molecule has 0 aromatic heterocycles. The maximum absolute atomic E-state index is 3.69. The summed E-state index contributed by atoms with van der Waals surface area (Å²) in [5, 5.41) is 3.69. The molecule has 114 valence electrons. The minimum Gasteiger partial charge on any atom is -0.313 e. The van der Waals surface area contributed by atoms with Crippen molar-refractivity contribution >= 4 is 0 Å². The highest BCUT2D eigenvalue weighted by Crippen LogP contribution is 2.34. The van der Waals surface area contributed by atoms with E-state index in [0.29, 0.717) is 11.5 Å². The number of rotatable bonds is 6. The van der Waals surface area contributed by atoms with E-state index in [2.05, 4.69) is 44.8 Å². The Kier molecular flexibility index (Phi) is 7.38. The molecule has 0 saturated carbocycles. The average Bonchev–Trinajstić information content (AvgIpc) is 2.60. The quantitative estimate of drug-likeness (QED) is 0.785. The van der Waals surface area contributed by atoms with Gasteiger partial charge in [-0.05, 0) is 56.5 Å². The highest BCUT2D eigenvalue weighted by atomic mass is 15.1. The normalized spacial score (nSPS) is 22.7. The van der Waals surface area contributed by atoms with Crippen molar-refractivity contribution < 1.29 is 0 Å². The zero-order valence-corrected chi connectivity index (χ0v) is 14.0. The Morgan fingerprint density at radius 3 is 2.37 bits per heavy atom. The van der Waals surface area contributed by atoms with Crippen LogP contribution in [0.2, 0.25) is 0 Å². The lowest BCUT2D eigenvalue weighted by Crippen LogP contribution is -2.37. The van der Waals surface area contributed by atoms with Crippen LogP contribution in [0.15, 0.2) is 0 Å². The number of nitrogens with zero attached hydrogens (tertiary/aromatic N) is 1. The number of nitrogens with one attached hydrogen (secondary N) is 1. The zero-order valence-electron chi connectivity index (χ0n) is 14.0. The Bertz CT molecular complexity index is 228. The van der Waals surface area contributed by atoms with E-state index in [1.165, 1.54) is 51.7 Å². The molecule has 2 nitrogen and oxygen atoms in total. The Hall–Kier alpha value is -0.0800. The molecule has 0 aromatic carbocycles. The van der Waals surface area contributed by atoms with Gasteiger partial charge in [0.2, 0.25) is 0 Å². The highest BCUT2D eigenvalue weighted by molar-refractivity contribution is 4.79. The van der Waals surface area contributed by atoms with Gasteiger partial charge in [-0.15, -0.1) is 0 Å². The second-order valence-electron chi connectivity index (χ2n) is 7.30. The molecule has 1 unspecified atom stereocenters. The van der Waals surface area contributed by atoms with Crippen LogP contribution in [-0.4, -0.2) is 37.1 Å². The van der Waals surface area contributed by atoms with E-state index >= 15 is 0 Å². The Morgan fingerprint density at radius 1 is 1.11 bits per heavy atom. The fourth-order valence-electron chi connectivity index (χ4n) is 3.25. The van der Waals surface area contributed by atoms with Crippen molar-refractivity contribution in [3.05, 3.63) is 0 Å². The lowest BCUT2D eigenvalue weighted by atomic mass is 9.77. The lowest BCUT2D eigenvalue weighted by molar-refractivity contribution is 0.207. The molecule has 19 heavy (non-hydrogen) atoms. The average molecular weight is 268 g/mol. The summed E-state index contributed by atoms with van der Waals surface area (Å²) in [7, 11) is 0. The van der Waals surface area contributed by atoms with Gasteiger partial charge in [0.15, 0.2) is 0 Å². The minimum absolute atomic E-state index is 0.490. The third-order valence-corrected chi connectivity index (χ3v) is 4.89. The summed E-state index contributed by atoms with van der Waals surface area (Å²) in [6.45, 7) is 16.8. The monoisotopic (exact) mass is 268 g/mol. The molecule has 1 aliphatic heterocycles. The summed E-state index contributed by atoms with van der Waals surface area (Å²) in [4.78, 5) is 2.67. The van der Waals surface area contributed by atoms with Gasteiger partial charge in [0.1, 0.15) is 0 Å². The van der Waals surface area contributed by atoms with Crippen LogP contribution in [0.4, 0.5) is 0 Å². The van der Waals surface area contributed by atoms with Crippen LogP contribution in [0.5, 0.6) is 0 Å². The second-order valence-corrected chi connectivity index (χ2v) is 7.30. The minimum atomic E-state index is 0.490. The maximum atomic E-state index is 3.69. The standard InChI is InChI=1S/C17H36N2/c1-6-16(7-2)18-11-14-19-12-8-9-15(10-13-19)17(3,4)5/h15-16,18H,6-14H2,1-5H3. The van der Waals surface area contributed by atoms with E-state index in [9.17, 15) is 0 Å². The van der Waals surface area contributed by atoms with Crippen LogP contribution < -0.4 is 5.32 Å². The van der Waals surface area contributed by atoms with Gasteiger partial charge in [-0.3, -0.25) is 0 Å². The van der Waals surface area contributed by atoms with Gasteiger partial charge >= 0.3 is 0 Å². The van der Waals surface area contributed by atoms with Gasteiger partial charge in [-0.2, -0.15) is 0 Å². The van der Waals surface area contributed by atoms with Crippen molar-refractivity contribution in [2.75, 3.05) is 26.2 Å². The van der Waals surface area contributed by atoms with Gasteiger partial charge in [0.05, 0.1) is 0 Å². The molecular weight excluding hydrogens is 232 g/mol. The molecule has 0 bridgehead atoms. The van der Waals surface area contributed by atoms with Gasteiger partial charge in [-0.1, -0.05) is 34.6 Å². The van der Waals surface area contributed by atoms with Crippen molar-refractivity contribution in [3.63, 3.8) is 0 Å². The van der Waals surface area contributed by atoms with Crippen LogP contribution in [0.3, 0.4) is 0 Å². The van der Waals surface area contributed by atoms with E-state index < -0.39 is 0 Å². The predicted molar refractivity (Wildman–Crippen MR) is 85.6 cm³/mol. The molecule has 1 aliphatic rings. The fourth-order valence-corrected chi connectivity index (χ4v) is 3.25. The third kappa shape index (κ3) is 6.27.